The summed E-state index contributed by atoms with van der Waals surface area (Å²) >= 11 is 0. The number of fused-ring (bicyclic) bond motifs is 1. The van der Waals surface area contributed by atoms with Crippen molar-refractivity contribution in [2.24, 2.45) is 0 Å². The van der Waals surface area contributed by atoms with Crippen molar-refractivity contribution in [3.63, 3.8) is 0 Å². The number of rotatable bonds is 4. The molecular formula is C16H15FN2O2. The van der Waals surface area contributed by atoms with Gasteiger partial charge in [0.25, 0.3) is 0 Å². The number of hydrogen-bond acceptors (Lipinski definition) is 2. The number of aromatic amines is 1. The summed E-state index contributed by atoms with van der Waals surface area (Å²) in [6, 6.07) is 8.17. The number of benzene rings is 1. The number of nitrogens with one attached hydrogen (secondary N) is 2. The fourth-order valence-electron chi connectivity index (χ4n) is 2.30. The molecule has 0 aliphatic rings. The average Bonchev–Trinajstić information content (AvgIpc) is 3.04. The number of furan rings is 1. The Bertz CT molecular complexity index is 789. The van der Waals surface area contributed by atoms with E-state index < -0.39 is 0 Å². The van der Waals surface area contributed by atoms with Gasteiger partial charge in [-0.2, -0.15) is 0 Å². The van der Waals surface area contributed by atoms with Crippen molar-refractivity contribution < 1.29 is 13.6 Å². The number of aryl methyl sites for hydroxylation is 1. The van der Waals surface area contributed by atoms with Crippen LogP contribution in [0.3, 0.4) is 0 Å². The Morgan fingerprint density at radius 2 is 2.19 bits per heavy atom. The van der Waals surface area contributed by atoms with Crippen LogP contribution >= 0.6 is 0 Å². The predicted molar refractivity (Wildman–Crippen MR) is 77.3 cm³/mol. The van der Waals surface area contributed by atoms with Gasteiger partial charge in [-0.3, -0.25) is 4.79 Å². The van der Waals surface area contributed by atoms with Gasteiger partial charge in [-0.1, -0.05) is 0 Å². The first-order valence-corrected chi connectivity index (χ1v) is 6.69. The van der Waals surface area contributed by atoms with Gasteiger partial charge in [-0.05, 0) is 42.8 Å². The van der Waals surface area contributed by atoms with Crippen LogP contribution < -0.4 is 5.32 Å². The Labute approximate surface area is 121 Å². The van der Waals surface area contributed by atoms with E-state index in [0.29, 0.717) is 12.3 Å². The number of hydrogen-bond donors (Lipinski definition) is 2. The third kappa shape index (κ3) is 2.97. The summed E-state index contributed by atoms with van der Waals surface area (Å²) in [5.41, 5.74) is 1.60. The van der Waals surface area contributed by atoms with E-state index in [2.05, 4.69) is 10.3 Å². The van der Waals surface area contributed by atoms with E-state index in [1.807, 2.05) is 19.1 Å². The maximum atomic E-state index is 13.3. The van der Waals surface area contributed by atoms with Crippen LogP contribution in [0.15, 0.2) is 40.9 Å². The molecule has 0 saturated heterocycles. The topological polar surface area (TPSA) is 58.0 Å². The lowest BCUT2D eigenvalue weighted by atomic mass is 10.1. The minimum atomic E-state index is -0.310. The van der Waals surface area contributed by atoms with E-state index >= 15 is 0 Å². The molecule has 3 aromatic rings. The average molecular weight is 286 g/mol. The highest BCUT2D eigenvalue weighted by molar-refractivity contribution is 5.88. The summed E-state index contributed by atoms with van der Waals surface area (Å²) in [5.74, 6) is 1.08. The molecule has 0 spiro atoms. The summed E-state index contributed by atoms with van der Waals surface area (Å²) in [6.45, 7) is 2.20. The molecule has 0 bridgehead atoms. The number of amides is 1. The minimum Gasteiger partial charge on any atom is -0.465 e. The highest BCUT2D eigenvalue weighted by Gasteiger charge is 2.10. The number of aromatic nitrogens is 1. The molecule has 108 valence electrons. The van der Waals surface area contributed by atoms with E-state index in [1.165, 1.54) is 12.1 Å². The zero-order valence-corrected chi connectivity index (χ0v) is 11.6. The molecule has 0 fully saturated rings. The first-order chi connectivity index (χ1) is 10.1. The maximum Gasteiger partial charge on any atom is 0.224 e. The highest BCUT2D eigenvalue weighted by atomic mass is 19.1. The summed E-state index contributed by atoms with van der Waals surface area (Å²) < 4.78 is 18.7. The van der Waals surface area contributed by atoms with Crippen LogP contribution in [-0.2, 0) is 17.8 Å². The Hall–Kier alpha value is -2.56. The molecule has 0 atom stereocenters. The molecule has 1 aromatic carbocycles. The molecule has 0 saturated carbocycles. The lowest BCUT2D eigenvalue weighted by molar-refractivity contribution is -0.120. The van der Waals surface area contributed by atoms with Crippen molar-refractivity contribution in [1.29, 1.82) is 0 Å². The Balaban J connectivity index is 1.67. The zero-order chi connectivity index (χ0) is 14.8. The van der Waals surface area contributed by atoms with E-state index in [-0.39, 0.29) is 18.1 Å². The molecule has 2 heterocycles. The van der Waals surface area contributed by atoms with Gasteiger partial charge in [0.1, 0.15) is 17.3 Å². The first kappa shape index (κ1) is 13.4. The van der Waals surface area contributed by atoms with E-state index in [4.69, 9.17) is 4.42 Å². The van der Waals surface area contributed by atoms with Crippen LogP contribution in [0.2, 0.25) is 0 Å². The second-order valence-corrected chi connectivity index (χ2v) is 4.97. The van der Waals surface area contributed by atoms with Gasteiger partial charge in [-0.15, -0.1) is 0 Å². The molecule has 2 N–H and O–H groups in total. The molecule has 0 unspecified atom stereocenters. The molecule has 4 nitrogen and oxygen atoms in total. The third-order valence-corrected chi connectivity index (χ3v) is 3.34. The van der Waals surface area contributed by atoms with Crippen molar-refractivity contribution in [3.05, 3.63) is 59.4 Å². The quantitative estimate of drug-likeness (QED) is 0.774. The van der Waals surface area contributed by atoms with Gasteiger partial charge in [0, 0.05) is 17.1 Å². The van der Waals surface area contributed by atoms with Gasteiger partial charge in [0.2, 0.25) is 5.91 Å². The summed E-state index contributed by atoms with van der Waals surface area (Å²) in [6.07, 6.45) is 1.93. The summed E-state index contributed by atoms with van der Waals surface area (Å²) in [5, 5.41) is 3.52. The standard InChI is InChI=1S/C16H15FN2O2/c1-10-2-4-13(21-10)9-19-16(20)6-11-8-18-15-5-3-12(17)7-14(11)15/h2-5,7-8,18H,6,9H2,1H3,(H,19,20). The Kier molecular flexibility index (Phi) is 3.48. The second-order valence-electron chi connectivity index (χ2n) is 4.97. The number of carbonyl (C=O) groups excluding carboxylic acids is 1. The number of halogens is 1. The second kappa shape index (κ2) is 5.44. The van der Waals surface area contributed by atoms with Crippen molar-refractivity contribution in [2.75, 3.05) is 0 Å². The van der Waals surface area contributed by atoms with Crippen LogP contribution in [0.5, 0.6) is 0 Å². The number of carbonyl (C=O) groups is 1. The van der Waals surface area contributed by atoms with Crippen LogP contribution in [0.25, 0.3) is 10.9 Å². The minimum absolute atomic E-state index is 0.130. The maximum absolute atomic E-state index is 13.3. The molecule has 21 heavy (non-hydrogen) atoms. The normalized spacial score (nSPS) is 11.0. The molecule has 5 heteroatoms. The van der Waals surface area contributed by atoms with E-state index in [9.17, 15) is 9.18 Å². The highest BCUT2D eigenvalue weighted by Crippen LogP contribution is 2.19. The lowest BCUT2D eigenvalue weighted by Crippen LogP contribution is -2.24. The monoisotopic (exact) mass is 286 g/mol. The SMILES string of the molecule is Cc1ccc(CNC(=O)Cc2c[nH]c3ccc(F)cc23)o1. The van der Waals surface area contributed by atoms with E-state index in [0.717, 1.165) is 22.2 Å². The zero-order valence-electron chi connectivity index (χ0n) is 11.6. The molecule has 0 aliphatic carbocycles. The molecule has 0 aliphatic heterocycles. The smallest absolute Gasteiger partial charge is 0.224 e. The molecule has 2 aromatic heterocycles. The summed E-state index contributed by atoms with van der Waals surface area (Å²) in [7, 11) is 0. The van der Waals surface area contributed by atoms with Gasteiger partial charge in [0.15, 0.2) is 0 Å². The Morgan fingerprint density at radius 3 is 2.95 bits per heavy atom. The van der Waals surface area contributed by atoms with Crippen LogP contribution in [-0.4, -0.2) is 10.9 Å². The van der Waals surface area contributed by atoms with Gasteiger partial charge in [-0.25, -0.2) is 4.39 Å². The van der Waals surface area contributed by atoms with Crippen LogP contribution in [0.1, 0.15) is 17.1 Å². The van der Waals surface area contributed by atoms with Crippen molar-refractivity contribution in [1.82, 2.24) is 10.3 Å². The fraction of sp³-hybridized carbons (Fsp3) is 0.188. The molecular weight excluding hydrogens is 271 g/mol. The largest absolute Gasteiger partial charge is 0.465 e. The summed E-state index contributed by atoms with van der Waals surface area (Å²) in [4.78, 5) is 15.0. The molecule has 0 radical (unpaired) electrons. The molecule has 3 rings (SSSR count). The van der Waals surface area contributed by atoms with E-state index in [1.54, 1.807) is 12.3 Å². The van der Waals surface area contributed by atoms with Gasteiger partial charge >= 0.3 is 0 Å². The van der Waals surface area contributed by atoms with Crippen molar-refractivity contribution >= 4 is 16.8 Å². The fourth-order valence-corrected chi connectivity index (χ4v) is 2.30. The van der Waals surface area contributed by atoms with Gasteiger partial charge in [0.05, 0.1) is 13.0 Å². The first-order valence-electron chi connectivity index (χ1n) is 6.69. The lowest BCUT2D eigenvalue weighted by Gasteiger charge is -2.03. The third-order valence-electron chi connectivity index (χ3n) is 3.34. The van der Waals surface area contributed by atoms with Crippen molar-refractivity contribution in [3.8, 4) is 0 Å². The predicted octanol–water partition coefficient (Wildman–Crippen LogP) is 3.07. The Morgan fingerprint density at radius 1 is 1.33 bits per heavy atom. The van der Waals surface area contributed by atoms with Crippen LogP contribution in [0.4, 0.5) is 4.39 Å². The van der Waals surface area contributed by atoms with Crippen molar-refractivity contribution in [2.45, 2.75) is 19.9 Å². The number of H-pyrrole nitrogens is 1. The molecule has 1 amide bonds. The van der Waals surface area contributed by atoms with Gasteiger partial charge < -0.3 is 14.7 Å². The van der Waals surface area contributed by atoms with Crippen LogP contribution in [0, 0.1) is 12.7 Å².